The summed E-state index contributed by atoms with van der Waals surface area (Å²) in [6, 6.07) is 3.51. The Kier molecular flexibility index (Phi) is 3.48. The average molecular weight is 308 g/mol. The lowest BCUT2D eigenvalue weighted by Crippen LogP contribution is -2.60. The molecule has 2 rings (SSSR count). The molecular weight excluding hydrogens is 283 g/mol. The molecule has 0 amide bonds. The number of aromatic nitrogens is 2. The van der Waals surface area contributed by atoms with Crippen LogP contribution in [0.2, 0.25) is 10.1 Å². The first-order valence-electron chi connectivity index (χ1n) is 7.23. The highest BCUT2D eigenvalue weighted by Crippen LogP contribution is 2.51. The summed E-state index contributed by atoms with van der Waals surface area (Å²) < 4.78 is 18.2. The molecule has 0 bridgehead atoms. The smallest absolute Gasteiger partial charge is 0.304 e. The van der Waals surface area contributed by atoms with Gasteiger partial charge < -0.3 is 13.8 Å². The predicted octanol–water partition coefficient (Wildman–Crippen LogP) is 4.00. The Morgan fingerprint density at radius 2 is 1.62 bits per heavy atom. The van der Waals surface area contributed by atoms with E-state index in [9.17, 15) is 5.11 Å². The number of rotatable bonds is 1. The molecular formula is C16H25FN2OSi. The first-order valence-corrected chi connectivity index (χ1v) is 9.11. The van der Waals surface area contributed by atoms with Crippen molar-refractivity contribution >= 4 is 24.8 Å². The summed E-state index contributed by atoms with van der Waals surface area (Å²) in [5, 5.41) is 10.2. The number of hydrogen-bond acceptors (Lipinski definition) is 2. The molecule has 2 aromatic rings. The third-order valence-electron chi connectivity index (χ3n) is 4.27. The zero-order valence-electron chi connectivity index (χ0n) is 14.0. The van der Waals surface area contributed by atoms with Gasteiger partial charge in [0.05, 0.1) is 6.20 Å². The molecule has 0 aliphatic carbocycles. The van der Waals surface area contributed by atoms with Gasteiger partial charge in [-0.25, -0.2) is 4.98 Å². The van der Waals surface area contributed by atoms with Gasteiger partial charge in [-0.05, 0) is 22.2 Å². The van der Waals surface area contributed by atoms with Gasteiger partial charge in [-0.3, -0.25) is 0 Å². The van der Waals surface area contributed by atoms with Crippen LogP contribution in [0.4, 0.5) is 4.11 Å². The minimum absolute atomic E-state index is 0.109. The Morgan fingerprint density at radius 3 is 2.10 bits per heavy atom. The van der Waals surface area contributed by atoms with Gasteiger partial charge in [-0.15, -0.1) is 0 Å². The van der Waals surface area contributed by atoms with Crippen molar-refractivity contribution in [2.24, 2.45) is 7.05 Å². The molecule has 0 saturated carbocycles. The Hall–Kier alpha value is -1.36. The zero-order valence-corrected chi connectivity index (χ0v) is 15.0. The second-order valence-electron chi connectivity index (χ2n) is 7.85. The fourth-order valence-electron chi connectivity index (χ4n) is 3.43. The average Bonchev–Trinajstić information content (AvgIpc) is 2.62. The fourth-order valence-corrected chi connectivity index (χ4v) is 8.14. The van der Waals surface area contributed by atoms with Crippen molar-refractivity contribution < 1.29 is 9.21 Å². The Bertz CT molecular complexity index is 666. The molecule has 0 saturated heterocycles. The molecule has 5 heteroatoms. The second kappa shape index (κ2) is 4.56. The minimum atomic E-state index is -3.33. The molecule has 3 nitrogen and oxygen atoms in total. The van der Waals surface area contributed by atoms with Crippen molar-refractivity contribution in [2.75, 3.05) is 0 Å². The van der Waals surface area contributed by atoms with Crippen LogP contribution in [0.1, 0.15) is 41.5 Å². The van der Waals surface area contributed by atoms with Crippen molar-refractivity contribution in [1.29, 1.82) is 0 Å². The van der Waals surface area contributed by atoms with E-state index in [0.717, 1.165) is 10.7 Å². The first kappa shape index (κ1) is 16.0. The molecule has 1 N–H and O–H groups in total. The topological polar surface area (TPSA) is 38.0 Å². The summed E-state index contributed by atoms with van der Waals surface area (Å²) in [6.45, 7) is 11.9. The van der Waals surface area contributed by atoms with Crippen molar-refractivity contribution in [3.8, 4) is 5.75 Å². The summed E-state index contributed by atoms with van der Waals surface area (Å²) in [5.41, 5.74) is 0.714. The third kappa shape index (κ3) is 2.27. The maximum Gasteiger partial charge on any atom is 0.304 e. The van der Waals surface area contributed by atoms with Crippen LogP contribution >= 0.6 is 0 Å². The van der Waals surface area contributed by atoms with E-state index in [0.29, 0.717) is 5.65 Å². The standard InChI is InChI=1S/C16H25FN2OSi/c1-15(2,3)21(17,16(4,5)6)13-9-11-8-12(20)10-18-14(11)19(13)7/h8-10,20H,1-7H3. The number of fused-ring (bicyclic) bond motifs is 1. The van der Waals surface area contributed by atoms with Gasteiger partial charge >= 0.3 is 8.41 Å². The summed E-state index contributed by atoms with van der Waals surface area (Å²) in [4.78, 5) is 4.25. The maximum absolute atomic E-state index is 16.4. The molecule has 116 valence electrons. The highest BCUT2D eigenvalue weighted by Gasteiger charge is 2.58. The first-order chi connectivity index (χ1) is 9.39. The van der Waals surface area contributed by atoms with E-state index in [1.54, 1.807) is 6.07 Å². The van der Waals surface area contributed by atoms with Crippen LogP contribution in [0.5, 0.6) is 5.75 Å². The minimum Gasteiger partial charge on any atom is -0.506 e. The van der Waals surface area contributed by atoms with Gasteiger partial charge in [-0.2, -0.15) is 0 Å². The highest BCUT2D eigenvalue weighted by molar-refractivity contribution is 6.90. The number of pyridine rings is 1. The molecule has 0 fully saturated rings. The molecule has 0 atom stereocenters. The Balaban J connectivity index is 2.81. The summed E-state index contributed by atoms with van der Waals surface area (Å²) in [6.07, 6.45) is 1.40. The maximum atomic E-state index is 16.4. The van der Waals surface area contributed by atoms with Crippen LogP contribution in [0.15, 0.2) is 18.3 Å². The monoisotopic (exact) mass is 308 g/mol. The van der Waals surface area contributed by atoms with Crippen molar-refractivity contribution in [2.45, 2.75) is 51.6 Å². The van der Waals surface area contributed by atoms with Crippen LogP contribution < -0.4 is 5.32 Å². The molecule has 2 heterocycles. The van der Waals surface area contributed by atoms with E-state index in [4.69, 9.17) is 0 Å². The van der Waals surface area contributed by atoms with E-state index < -0.39 is 18.5 Å². The lowest BCUT2D eigenvalue weighted by Gasteiger charge is -2.44. The number of hydrogen-bond donors (Lipinski definition) is 1. The van der Waals surface area contributed by atoms with Crippen LogP contribution in [0.3, 0.4) is 0 Å². The molecule has 0 aromatic carbocycles. The van der Waals surface area contributed by atoms with E-state index in [1.165, 1.54) is 6.20 Å². The van der Waals surface area contributed by atoms with Gasteiger partial charge in [0.1, 0.15) is 11.4 Å². The molecule has 0 radical (unpaired) electrons. The predicted molar refractivity (Wildman–Crippen MR) is 88.3 cm³/mol. The third-order valence-corrected chi connectivity index (χ3v) is 9.59. The summed E-state index contributed by atoms with van der Waals surface area (Å²) >= 11 is 0. The molecule has 0 aliphatic heterocycles. The van der Waals surface area contributed by atoms with Gasteiger partial charge in [0, 0.05) is 17.8 Å². The van der Waals surface area contributed by atoms with Crippen LogP contribution in [0, 0.1) is 0 Å². The van der Waals surface area contributed by atoms with Gasteiger partial charge in [0.25, 0.3) is 0 Å². The van der Waals surface area contributed by atoms with Crippen molar-refractivity contribution in [3.63, 3.8) is 0 Å². The van der Waals surface area contributed by atoms with Crippen LogP contribution in [0.25, 0.3) is 11.0 Å². The number of nitrogens with zero attached hydrogens (tertiary/aromatic N) is 2. The van der Waals surface area contributed by atoms with Crippen LogP contribution in [-0.2, 0) is 7.05 Å². The lowest BCUT2D eigenvalue weighted by atomic mass is 10.2. The summed E-state index contributed by atoms with van der Waals surface area (Å²) in [5.74, 6) is 0.109. The Labute approximate surface area is 127 Å². The van der Waals surface area contributed by atoms with E-state index in [-0.39, 0.29) is 5.75 Å². The molecule has 0 spiro atoms. The van der Waals surface area contributed by atoms with E-state index >= 15 is 4.11 Å². The van der Waals surface area contributed by atoms with Crippen molar-refractivity contribution in [1.82, 2.24) is 9.55 Å². The quantitative estimate of drug-likeness (QED) is 0.639. The molecule has 0 unspecified atom stereocenters. The molecule has 0 aliphatic rings. The van der Waals surface area contributed by atoms with E-state index in [2.05, 4.69) is 4.98 Å². The summed E-state index contributed by atoms with van der Waals surface area (Å²) in [7, 11) is -1.47. The second-order valence-corrected chi connectivity index (χ2v) is 12.7. The van der Waals surface area contributed by atoms with Gasteiger partial charge in [0.2, 0.25) is 0 Å². The molecule has 2 aromatic heterocycles. The lowest BCUT2D eigenvalue weighted by molar-refractivity contribution is 0.474. The SMILES string of the molecule is Cn1c([Si](F)(C(C)(C)C)C(C)(C)C)cc2cc(O)cnc21. The number of aryl methyl sites for hydroxylation is 1. The Morgan fingerprint density at radius 1 is 1.10 bits per heavy atom. The van der Waals surface area contributed by atoms with E-state index in [1.807, 2.05) is 59.2 Å². The van der Waals surface area contributed by atoms with Crippen LogP contribution in [-0.4, -0.2) is 23.1 Å². The van der Waals surface area contributed by atoms with Gasteiger partial charge in [0.15, 0.2) is 0 Å². The largest absolute Gasteiger partial charge is 0.506 e. The zero-order chi connectivity index (χ0) is 16.2. The highest BCUT2D eigenvalue weighted by atomic mass is 28.4. The molecule has 21 heavy (non-hydrogen) atoms. The fraction of sp³-hybridized carbons (Fsp3) is 0.562. The van der Waals surface area contributed by atoms with Gasteiger partial charge in [-0.1, -0.05) is 41.5 Å². The number of halogens is 1. The number of aromatic hydroxyl groups is 1. The normalized spacial score (nSPS) is 13.9. The van der Waals surface area contributed by atoms with Crippen molar-refractivity contribution in [3.05, 3.63) is 18.3 Å².